The molecule has 4 rings (SSSR count). The summed E-state index contributed by atoms with van der Waals surface area (Å²) in [6, 6.07) is 15.4. The average molecular weight is 356 g/mol. The number of nitrogens with one attached hydrogen (secondary N) is 1. The number of carbonyl (C=O) groups is 2. The molecule has 2 aromatic rings. The summed E-state index contributed by atoms with van der Waals surface area (Å²) >= 11 is 5.90. The molecule has 0 spiro atoms. The maximum absolute atomic E-state index is 12.9. The number of hydrogen-bond donors (Lipinski definition) is 1. The third kappa shape index (κ3) is 3.20. The van der Waals surface area contributed by atoms with Gasteiger partial charge in [-0.25, -0.2) is 0 Å². The molecule has 2 amide bonds. The van der Waals surface area contributed by atoms with E-state index < -0.39 is 0 Å². The molecular formula is C20H20ClN2O2+. The fraction of sp³-hybridized carbons (Fsp3) is 0.300. The maximum atomic E-state index is 12.9. The summed E-state index contributed by atoms with van der Waals surface area (Å²) in [5.74, 6) is -0.120. The summed E-state index contributed by atoms with van der Waals surface area (Å²) in [7, 11) is 0. The number of nitrogens with zero attached hydrogens (tertiary/aromatic N) is 1. The summed E-state index contributed by atoms with van der Waals surface area (Å²) in [5.41, 5.74) is 3.58. The number of halogens is 1. The number of imide groups is 1. The molecule has 1 fully saturated rings. The first kappa shape index (κ1) is 16.3. The predicted octanol–water partition coefficient (Wildman–Crippen LogP) is 1.61. The second-order valence-electron chi connectivity index (χ2n) is 6.81. The number of quaternary nitrogens is 1. The van der Waals surface area contributed by atoms with E-state index in [2.05, 4.69) is 18.2 Å². The SMILES string of the molecule is O=C1C[C@H]([NH+]2CCc3ccccc3C2)C(=O)N1Cc1ccc(Cl)cc1. The molecule has 0 saturated carbocycles. The first-order valence-corrected chi connectivity index (χ1v) is 8.99. The van der Waals surface area contributed by atoms with Gasteiger partial charge >= 0.3 is 0 Å². The van der Waals surface area contributed by atoms with Crippen molar-refractivity contribution >= 4 is 23.4 Å². The van der Waals surface area contributed by atoms with Crippen molar-refractivity contribution in [2.75, 3.05) is 6.54 Å². The zero-order valence-electron chi connectivity index (χ0n) is 13.9. The van der Waals surface area contributed by atoms with Gasteiger partial charge in [-0.05, 0) is 23.3 Å². The Bertz CT molecular complexity index is 819. The van der Waals surface area contributed by atoms with Gasteiger partial charge in [0.1, 0.15) is 6.54 Å². The number of fused-ring (bicyclic) bond motifs is 1. The van der Waals surface area contributed by atoms with Gasteiger partial charge in [0.15, 0.2) is 6.04 Å². The van der Waals surface area contributed by atoms with Gasteiger partial charge in [-0.2, -0.15) is 0 Å². The van der Waals surface area contributed by atoms with Crippen molar-refractivity contribution in [3.05, 3.63) is 70.2 Å². The van der Waals surface area contributed by atoms with Crippen LogP contribution in [0.1, 0.15) is 23.1 Å². The molecule has 2 aliphatic heterocycles. The summed E-state index contributed by atoms with van der Waals surface area (Å²) in [4.78, 5) is 27.9. The van der Waals surface area contributed by atoms with Gasteiger partial charge in [0.25, 0.3) is 5.91 Å². The molecule has 1 N–H and O–H groups in total. The standard InChI is InChI=1S/C20H19ClN2O2/c21-17-7-5-14(6-8-17)12-23-19(24)11-18(20(23)25)22-10-9-15-3-1-2-4-16(15)13-22/h1-8,18H,9-13H2/p+1/t18-/m0/s1. The van der Waals surface area contributed by atoms with Gasteiger partial charge < -0.3 is 4.90 Å². The van der Waals surface area contributed by atoms with E-state index in [1.165, 1.54) is 20.9 Å². The molecule has 1 saturated heterocycles. The van der Waals surface area contributed by atoms with E-state index in [-0.39, 0.29) is 17.9 Å². The van der Waals surface area contributed by atoms with Crippen molar-refractivity contribution in [2.24, 2.45) is 0 Å². The fourth-order valence-electron chi connectivity index (χ4n) is 3.84. The monoisotopic (exact) mass is 355 g/mol. The van der Waals surface area contributed by atoms with Crippen LogP contribution < -0.4 is 4.90 Å². The number of amides is 2. The van der Waals surface area contributed by atoms with E-state index in [0.29, 0.717) is 18.0 Å². The van der Waals surface area contributed by atoms with Crippen LogP contribution in [0.4, 0.5) is 0 Å². The highest BCUT2D eigenvalue weighted by atomic mass is 35.5. The molecule has 0 aliphatic carbocycles. The second-order valence-corrected chi connectivity index (χ2v) is 7.24. The second kappa shape index (κ2) is 6.62. The minimum absolute atomic E-state index is 0.0469. The minimum Gasteiger partial charge on any atom is -0.320 e. The van der Waals surface area contributed by atoms with Crippen molar-refractivity contribution in [1.82, 2.24) is 4.90 Å². The van der Waals surface area contributed by atoms with E-state index in [4.69, 9.17) is 11.6 Å². The Hall–Kier alpha value is -2.17. The average Bonchev–Trinajstić information content (AvgIpc) is 2.91. The van der Waals surface area contributed by atoms with Crippen LogP contribution in [0.3, 0.4) is 0 Å². The first-order valence-electron chi connectivity index (χ1n) is 8.62. The Balaban J connectivity index is 1.49. The van der Waals surface area contributed by atoms with Crippen LogP contribution in [-0.2, 0) is 29.1 Å². The summed E-state index contributed by atoms with van der Waals surface area (Å²) < 4.78 is 0. The smallest absolute Gasteiger partial charge is 0.288 e. The Kier molecular flexibility index (Phi) is 4.32. The number of carbonyl (C=O) groups excluding carboxylic acids is 2. The molecule has 4 nitrogen and oxygen atoms in total. The van der Waals surface area contributed by atoms with Crippen LogP contribution in [0.5, 0.6) is 0 Å². The number of hydrogen-bond acceptors (Lipinski definition) is 2. The third-order valence-corrected chi connectivity index (χ3v) is 5.49. The Labute approximate surface area is 152 Å². The van der Waals surface area contributed by atoms with E-state index >= 15 is 0 Å². The fourth-order valence-corrected chi connectivity index (χ4v) is 3.97. The molecule has 0 aromatic heterocycles. The van der Waals surface area contributed by atoms with Gasteiger partial charge in [-0.1, -0.05) is 48.0 Å². The highest BCUT2D eigenvalue weighted by Crippen LogP contribution is 2.18. The molecular weight excluding hydrogens is 336 g/mol. The Morgan fingerprint density at radius 1 is 1.04 bits per heavy atom. The number of benzene rings is 2. The molecule has 128 valence electrons. The summed E-state index contributed by atoms with van der Waals surface area (Å²) in [6.45, 7) is 2.04. The summed E-state index contributed by atoms with van der Waals surface area (Å²) in [5, 5.41) is 0.650. The molecule has 2 heterocycles. The van der Waals surface area contributed by atoms with Gasteiger partial charge in [0.05, 0.1) is 19.5 Å². The molecule has 1 unspecified atom stereocenters. The van der Waals surface area contributed by atoms with E-state index in [1.54, 1.807) is 12.1 Å². The lowest BCUT2D eigenvalue weighted by molar-refractivity contribution is -0.930. The summed E-state index contributed by atoms with van der Waals surface area (Å²) in [6.07, 6.45) is 1.27. The van der Waals surface area contributed by atoms with Crippen LogP contribution in [0.15, 0.2) is 48.5 Å². The molecule has 0 bridgehead atoms. The lowest BCUT2D eigenvalue weighted by Crippen LogP contribution is -3.16. The van der Waals surface area contributed by atoms with E-state index in [0.717, 1.165) is 25.1 Å². The largest absolute Gasteiger partial charge is 0.320 e. The van der Waals surface area contributed by atoms with Gasteiger partial charge in [0, 0.05) is 17.0 Å². The van der Waals surface area contributed by atoms with E-state index in [9.17, 15) is 9.59 Å². The van der Waals surface area contributed by atoms with Crippen molar-refractivity contribution in [3.8, 4) is 0 Å². The van der Waals surface area contributed by atoms with Crippen molar-refractivity contribution in [2.45, 2.75) is 32.0 Å². The van der Waals surface area contributed by atoms with Crippen molar-refractivity contribution < 1.29 is 14.5 Å². The lowest BCUT2D eigenvalue weighted by atomic mass is 9.98. The zero-order valence-corrected chi connectivity index (χ0v) is 14.6. The molecule has 0 radical (unpaired) electrons. The van der Waals surface area contributed by atoms with Crippen molar-refractivity contribution in [1.29, 1.82) is 0 Å². The van der Waals surface area contributed by atoms with Crippen LogP contribution in [0.25, 0.3) is 0 Å². The van der Waals surface area contributed by atoms with E-state index in [1.807, 2.05) is 18.2 Å². The van der Waals surface area contributed by atoms with Crippen LogP contribution in [0.2, 0.25) is 5.02 Å². The van der Waals surface area contributed by atoms with Gasteiger partial charge in [0.2, 0.25) is 5.91 Å². The first-order chi connectivity index (χ1) is 12.1. The Morgan fingerprint density at radius 2 is 1.76 bits per heavy atom. The van der Waals surface area contributed by atoms with Crippen LogP contribution in [0, 0.1) is 0 Å². The molecule has 2 aliphatic rings. The molecule has 2 atom stereocenters. The Morgan fingerprint density at radius 3 is 2.52 bits per heavy atom. The predicted molar refractivity (Wildman–Crippen MR) is 95.1 cm³/mol. The third-order valence-electron chi connectivity index (χ3n) is 5.24. The highest BCUT2D eigenvalue weighted by molar-refractivity contribution is 6.30. The van der Waals surface area contributed by atoms with Gasteiger partial charge in [-0.15, -0.1) is 0 Å². The molecule has 25 heavy (non-hydrogen) atoms. The highest BCUT2D eigenvalue weighted by Gasteiger charge is 2.45. The van der Waals surface area contributed by atoms with Crippen LogP contribution >= 0.6 is 11.6 Å². The number of likely N-dealkylation sites (tertiary alicyclic amines) is 1. The molecule has 2 aromatic carbocycles. The maximum Gasteiger partial charge on any atom is 0.288 e. The quantitative estimate of drug-likeness (QED) is 0.850. The van der Waals surface area contributed by atoms with Crippen LogP contribution in [-0.4, -0.2) is 29.3 Å². The minimum atomic E-state index is -0.256. The normalized spacial score (nSPS) is 23.0. The lowest BCUT2D eigenvalue weighted by Gasteiger charge is -2.29. The van der Waals surface area contributed by atoms with Crippen molar-refractivity contribution in [3.63, 3.8) is 0 Å². The number of rotatable bonds is 3. The van der Waals surface area contributed by atoms with Gasteiger partial charge in [-0.3, -0.25) is 14.5 Å². The topological polar surface area (TPSA) is 41.8 Å². The molecule has 5 heteroatoms. The zero-order chi connectivity index (χ0) is 17.4.